The zero-order chi connectivity index (χ0) is 25.4. The van der Waals surface area contributed by atoms with Crippen LogP contribution in [-0.4, -0.2) is 53.4 Å². The third kappa shape index (κ3) is 4.43. The predicted molar refractivity (Wildman–Crippen MR) is 146 cm³/mol. The smallest absolute Gasteiger partial charge is 0.329 e. The Bertz CT molecular complexity index is 1440. The number of para-hydroxylation sites is 2. The van der Waals surface area contributed by atoms with E-state index in [4.69, 9.17) is 9.47 Å². The third-order valence-corrected chi connectivity index (χ3v) is 7.85. The van der Waals surface area contributed by atoms with Crippen LogP contribution in [0.5, 0.6) is 0 Å². The van der Waals surface area contributed by atoms with Crippen LogP contribution < -0.4 is 11.0 Å². The zero-order valence-electron chi connectivity index (χ0n) is 21.5. The van der Waals surface area contributed by atoms with Crippen molar-refractivity contribution in [1.82, 2.24) is 19.4 Å². The molecule has 1 aromatic carbocycles. The summed E-state index contributed by atoms with van der Waals surface area (Å²) in [6.07, 6.45) is 17.6. The number of hydrogen-bond acceptors (Lipinski definition) is 5. The second-order valence-electron chi connectivity index (χ2n) is 10.0. The normalized spacial score (nSPS) is 23.3. The van der Waals surface area contributed by atoms with Gasteiger partial charge in [0.15, 0.2) is 0 Å². The largest absolute Gasteiger partial charge is 0.440 e. The van der Waals surface area contributed by atoms with Gasteiger partial charge in [-0.15, -0.1) is 0 Å². The molecule has 0 spiro atoms. The molecule has 0 bridgehead atoms. The van der Waals surface area contributed by atoms with Crippen LogP contribution in [0, 0.1) is 0 Å². The molecule has 37 heavy (non-hydrogen) atoms. The van der Waals surface area contributed by atoms with Crippen LogP contribution in [0.2, 0.25) is 0 Å². The average Bonchev–Trinajstić information content (AvgIpc) is 3.08. The summed E-state index contributed by atoms with van der Waals surface area (Å²) in [6.45, 7) is 3.73. The van der Waals surface area contributed by atoms with Gasteiger partial charge in [-0.25, -0.2) is 4.79 Å². The first-order valence-electron chi connectivity index (χ1n) is 13.2. The fraction of sp³-hybridized carbons (Fsp3) is 0.367. The van der Waals surface area contributed by atoms with Gasteiger partial charge >= 0.3 is 5.69 Å². The molecule has 3 aliphatic heterocycles. The molecule has 1 N–H and O–H groups in total. The summed E-state index contributed by atoms with van der Waals surface area (Å²) < 4.78 is 15.8. The van der Waals surface area contributed by atoms with E-state index in [-0.39, 0.29) is 17.8 Å². The Morgan fingerprint density at radius 1 is 1.19 bits per heavy atom. The van der Waals surface area contributed by atoms with E-state index in [9.17, 15) is 4.79 Å². The summed E-state index contributed by atoms with van der Waals surface area (Å²) in [5.74, 6) is 1.64. The van der Waals surface area contributed by atoms with Crippen molar-refractivity contribution in [1.29, 1.82) is 0 Å². The van der Waals surface area contributed by atoms with E-state index in [2.05, 4.69) is 46.7 Å². The Morgan fingerprint density at radius 2 is 2.00 bits per heavy atom. The zero-order valence-corrected chi connectivity index (χ0v) is 21.5. The van der Waals surface area contributed by atoms with E-state index in [0.29, 0.717) is 0 Å². The summed E-state index contributed by atoms with van der Waals surface area (Å²) in [6, 6.07) is 8.35. The SMILES string of the molecule is COC1C=CC=C2OC3=C(C=CCN3)C(=CCCN3CCC(n4c(=O)n(C)c5ccccc54)CC3)C=C21. The van der Waals surface area contributed by atoms with E-state index in [1.807, 2.05) is 42.0 Å². The number of dihydropyridines is 1. The number of hydrogen-bond donors (Lipinski definition) is 1. The quantitative estimate of drug-likeness (QED) is 0.673. The van der Waals surface area contributed by atoms with Crippen molar-refractivity contribution in [3.8, 4) is 0 Å². The number of benzene rings is 1. The standard InChI is InChI=1S/C30H34N4O3/c1-32-25-10-3-4-11-26(25)34(30(32)35)22-14-18-33(19-15-22)17-7-8-21-20-24-27(36-2)12-5-13-28(24)37-29-23(21)9-6-16-31-29/h3-6,8-13,20,22,27,31H,7,14-19H2,1-2H3. The summed E-state index contributed by atoms with van der Waals surface area (Å²) in [7, 11) is 3.60. The molecule has 1 atom stereocenters. The molecule has 0 radical (unpaired) electrons. The highest BCUT2D eigenvalue weighted by atomic mass is 16.5. The number of imidazole rings is 1. The lowest BCUT2D eigenvalue weighted by Gasteiger charge is -2.32. The number of aryl methyl sites for hydroxylation is 1. The van der Waals surface area contributed by atoms with Crippen LogP contribution in [0.15, 0.2) is 100.0 Å². The average molecular weight is 499 g/mol. The maximum absolute atomic E-state index is 13.0. The molecule has 192 valence electrons. The fourth-order valence-corrected chi connectivity index (χ4v) is 5.85. The summed E-state index contributed by atoms with van der Waals surface area (Å²) >= 11 is 0. The van der Waals surface area contributed by atoms with Crippen molar-refractivity contribution in [2.24, 2.45) is 7.05 Å². The van der Waals surface area contributed by atoms with Gasteiger partial charge in [0, 0.05) is 57.5 Å². The number of nitrogens with zero attached hydrogens (tertiary/aromatic N) is 3. The summed E-state index contributed by atoms with van der Waals surface area (Å²) in [5, 5.41) is 3.39. The van der Waals surface area contributed by atoms with Crippen molar-refractivity contribution in [3.05, 3.63) is 106 Å². The van der Waals surface area contributed by atoms with Crippen LogP contribution in [0.4, 0.5) is 0 Å². The summed E-state index contributed by atoms with van der Waals surface area (Å²) in [5.41, 5.74) is 5.42. The van der Waals surface area contributed by atoms with Crippen LogP contribution in [0.3, 0.4) is 0 Å². The number of aromatic nitrogens is 2. The van der Waals surface area contributed by atoms with Gasteiger partial charge in [-0.1, -0.05) is 42.5 Å². The number of ether oxygens (including phenoxy) is 2. The molecule has 1 saturated heterocycles. The van der Waals surface area contributed by atoms with Crippen LogP contribution in [-0.2, 0) is 16.5 Å². The molecule has 7 nitrogen and oxygen atoms in total. The fourth-order valence-electron chi connectivity index (χ4n) is 5.85. The van der Waals surface area contributed by atoms with E-state index >= 15 is 0 Å². The second-order valence-corrected chi connectivity index (χ2v) is 10.0. The number of methoxy groups -OCH3 is 1. The molecule has 1 aromatic heterocycles. The number of fused-ring (bicyclic) bond motifs is 2. The van der Waals surface area contributed by atoms with E-state index in [1.165, 1.54) is 0 Å². The van der Waals surface area contributed by atoms with Gasteiger partial charge in [-0.2, -0.15) is 0 Å². The van der Waals surface area contributed by atoms with Crippen molar-refractivity contribution < 1.29 is 9.47 Å². The first kappa shape index (κ1) is 23.8. The lowest BCUT2D eigenvalue weighted by molar-refractivity contribution is 0.158. The third-order valence-electron chi connectivity index (χ3n) is 7.85. The Kier molecular flexibility index (Phi) is 6.49. The highest BCUT2D eigenvalue weighted by molar-refractivity contribution is 5.76. The van der Waals surface area contributed by atoms with Crippen molar-refractivity contribution >= 4 is 11.0 Å². The molecule has 4 aliphatic rings. The molecular weight excluding hydrogens is 464 g/mol. The van der Waals surface area contributed by atoms with Gasteiger partial charge < -0.3 is 19.7 Å². The van der Waals surface area contributed by atoms with E-state index in [0.717, 1.165) is 84.8 Å². The molecular formula is C30H34N4O3. The Labute approximate surface area is 217 Å². The minimum absolute atomic E-state index is 0.0894. The molecule has 6 rings (SSSR count). The number of piperidine rings is 1. The predicted octanol–water partition coefficient (Wildman–Crippen LogP) is 4.09. The molecule has 0 amide bonds. The Morgan fingerprint density at radius 3 is 2.81 bits per heavy atom. The monoisotopic (exact) mass is 498 g/mol. The van der Waals surface area contributed by atoms with Gasteiger partial charge in [-0.05, 0) is 49.1 Å². The number of allylic oxidation sites excluding steroid dienone is 6. The van der Waals surface area contributed by atoms with Crippen molar-refractivity contribution in [2.75, 3.05) is 33.3 Å². The first-order valence-corrected chi connectivity index (χ1v) is 13.2. The van der Waals surface area contributed by atoms with Crippen LogP contribution >= 0.6 is 0 Å². The molecule has 7 heteroatoms. The highest BCUT2D eigenvalue weighted by Crippen LogP contribution is 2.34. The van der Waals surface area contributed by atoms with Gasteiger partial charge in [0.1, 0.15) is 11.9 Å². The minimum Gasteiger partial charge on any atom is -0.440 e. The summed E-state index contributed by atoms with van der Waals surface area (Å²) in [4.78, 5) is 15.5. The number of nitrogens with one attached hydrogen (secondary N) is 1. The second kappa shape index (κ2) is 10.1. The van der Waals surface area contributed by atoms with Crippen LogP contribution in [0.25, 0.3) is 11.0 Å². The molecule has 4 heterocycles. The molecule has 2 aromatic rings. The van der Waals surface area contributed by atoms with Crippen molar-refractivity contribution in [2.45, 2.75) is 31.4 Å². The van der Waals surface area contributed by atoms with E-state index in [1.54, 1.807) is 11.7 Å². The molecule has 1 aliphatic carbocycles. The number of likely N-dealkylation sites (tertiary alicyclic amines) is 1. The lowest BCUT2D eigenvalue weighted by Crippen LogP contribution is -2.38. The highest BCUT2D eigenvalue weighted by Gasteiger charge is 2.27. The molecule has 0 saturated carbocycles. The molecule has 1 unspecified atom stereocenters. The van der Waals surface area contributed by atoms with Crippen LogP contribution in [0.1, 0.15) is 25.3 Å². The maximum atomic E-state index is 13.0. The van der Waals surface area contributed by atoms with Gasteiger partial charge in [0.25, 0.3) is 0 Å². The number of rotatable bonds is 5. The van der Waals surface area contributed by atoms with Gasteiger partial charge in [-0.3, -0.25) is 9.13 Å². The molecule has 1 fully saturated rings. The maximum Gasteiger partial charge on any atom is 0.329 e. The Balaban J connectivity index is 1.16. The van der Waals surface area contributed by atoms with Gasteiger partial charge in [0.05, 0.1) is 11.0 Å². The minimum atomic E-state index is -0.120. The lowest BCUT2D eigenvalue weighted by atomic mass is 9.96. The Hall–Kier alpha value is -3.55. The van der Waals surface area contributed by atoms with Crippen molar-refractivity contribution in [3.63, 3.8) is 0 Å². The topological polar surface area (TPSA) is 60.7 Å². The first-order chi connectivity index (χ1) is 18.1. The van der Waals surface area contributed by atoms with E-state index < -0.39 is 0 Å². The van der Waals surface area contributed by atoms with Gasteiger partial charge in [0.2, 0.25) is 5.88 Å².